The Kier molecular flexibility index (Phi) is 5.41. The van der Waals surface area contributed by atoms with Crippen molar-refractivity contribution in [1.29, 1.82) is 0 Å². The average molecular weight is 310 g/mol. The number of carbonyl (C=O) groups excluding carboxylic acids is 1. The SMILES string of the molecule is COc1ccc(/C=C/C(=O)Nc2ccccc2C(C)C)cc1N. The lowest BCUT2D eigenvalue weighted by Crippen LogP contribution is -2.10. The van der Waals surface area contributed by atoms with E-state index in [0.717, 1.165) is 16.8 Å². The van der Waals surface area contributed by atoms with Crippen LogP contribution in [0.3, 0.4) is 0 Å². The molecule has 0 heterocycles. The normalized spacial score (nSPS) is 11.0. The third-order valence-corrected chi connectivity index (χ3v) is 3.52. The second kappa shape index (κ2) is 7.49. The van der Waals surface area contributed by atoms with Gasteiger partial charge in [-0.15, -0.1) is 0 Å². The molecule has 0 fully saturated rings. The molecule has 0 bridgehead atoms. The lowest BCUT2D eigenvalue weighted by atomic mass is 10.0. The summed E-state index contributed by atoms with van der Waals surface area (Å²) < 4.78 is 5.11. The van der Waals surface area contributed by atoms with Gasteiger partial charge in [-0.3, -0.25) is 4.79 Å². The first-order chi connectivity index (χ1) is 11.0. The maximum atomic E-state index is 12.1. The molecule has 0 aliphatic rings. The minimum absolute atomic E-state index is 0.174. The third-order valence-electron chi connectivity index (χ3n) is 3.52. The number of nitrogens with one attached hydrogen (secondary N) is 1. The molecular weight excluding hydrogens is 288 g/mol. The fraction of sp³-hybridized carbons (Fsp3) is 0.211. The van der Waals surface area contributed by atoms with E-state index in [1.54, 1.807) is 25.3 Å². The van der Waals surface area contributed by atoms with Crippen molar-refractivity contribution >= 4 is 23.4 Å². The van der Waals surface area contributed by atoms with Crippen molar-refractivity contribution in [3.05, 3.63) is 59.7 Å². The molecule has 3 N–H and O–H groups in total. The lowest BCUT2D eigenvalue weighted by Gasteiger charge is -2.12. The number of carbonyl (C=O) groups is 1. The van der Waals surface area contributed by atoms with Gasteiger partial charge in [-0.1, -0.05) is 38.1 Å². The van der Waals surface area contributed by atoms with E-state index < -0.39 is 0 Å². The van der Waals surface area contributed by atoms with Crippen molar-refractivity contribution in [2.24, 2.45) is 0 Å². The Balaban J connectivity index is 2.09. The molecule has 2 aromatic rings. The molecule has 0 spiro atoms. The maximum Gasteiger partial charge on any atom is 0.248 e. The second-order valence-corrected chi connectivity index (χ2v) is 5.57. The first kappa shape index (κ1) is 16.6. The molecule has 1 amide bonds. The summed E-state index contributed by atoms with van der Waals surface area (Å²) in [5.41, 5.74) is 9.19. The van der Waals surface area contributed by atoms with Crippen LogP contribution in [0.1, 0.15) is 30.9 Å². The number of benzene rings is 2. The Labute approximate surface area is 137 Å². The van der Waals surface area contributed by atoms with Gasteiger partial charge < -0.3 is 15.8 Å². The van der Waals surface area contributed by atoms with Crippen LogP contribution in [0.2, 0.25) is 0 Å². The summed E-state index contributed by atoms with van der Waals surface area (Å²) in [4.78, 5) is 12.1. The Morgan fingerprint density at radius 1 is 1.22 bits per heavy atom. The van der Waals surface area contributed by atoms with E-state index in [9.17, 15) is 4.79 Å². The van der Waals surface area contributed by atoms with Crippen LogP contribution in [0.15, 0.2) is 48.5 Å². The van der Waals surface area contributed by atoms with Crippen molar-refractivity contribution in [3.63, 3.8) is 0 Å². The van der Waals surface area contributed by atoms with Crippen LogP contribution in [0.5, 0.6) is 5.75 Å². The zero-order valence-corrected chi connectivity index (χ0v) is 13.7. The third kappa shape index (κ3) is 4.36. The van der Waals surface area contributed by atoms with E-state index in [4.69, 9.17) is 10.5 Å². The van der Waals surface area contributed by atoms with Crippen molar-refractivity contribution in [1.82, 2.24) is 0 Å². The highest BCUT2D eigenvalue weighted by molar-refractivity contribution is 6.02. The zero-order chi connectivity index (χ0) is 16.8. The molecule has 0 unspecified atom stereocenters. The van der Waals surface area contributed by atoms with E-state index in [0.29, 0.717) is 17.4 Å². The molecule has 2 aromatic carbocycles. The van der Waals surface area contributed by atoms with Crippen LogP contribution < -0.4 is 15.8 Å². The minimum atomic E-state index is -0.174. The maximum absolute atomic E-state index is 12.1. The summed E-state index contributed by atoms with van der Waals surface area (Å²) in [5, 5.41) is 2.92. The van der Waals surface area contributed by atoms with Crippen molar-refractivity contribution in [2.45, 2.75) is 19.8 Å². The van der Waals surface area contributed by atoms with Gasteiger partial charge in [0.05, 0.1) is 12.8 Å². The monoisotopic (exact) mass is 310 g/mol. The molecule has 0 saturated heterocycles. The van der Waals surface area contributed by atoms with E-state index in [1.807, 2.05) is 30.3 Å². The van der Waals surface area contributed by atoms with E-state index in [1.165, 1.54) is 6.08 Å². The van der Waals surface area contributed by atoms with Crippen LogP contribution in [0.25, 0.3) is 6.08 Å². The molecule has 0 aliphatic carbocycles. The first-order valence-electron chi connectivity index (χ1n) is 7.52. The number of ether oxygens (including phenoxy) is 1. The van der Waals surface area contributed by atoms with E-state index >= 15 is 0 Å². The molecule has 4 heteroatoms. The highest BCUT2D eigenvalue weighted by atomic mass is 16.5. The molecule has 120 valence electrons. The molecule has 0 atom stereocenters. The molecule has 0 saturated carbocycles. The number of rotatable bonds is 5. The van der Waals surface area contributed by atoms with Crippen LogP contribution in [0.4, 0.5) is 11.4 Å². The van der Waals surface area contributed by atoms with Crippen molar-refractivity contribution in [2.75, 3.05) is 18.2 Å². The summed E-state index contributed by atoms with van der Waals surface area (Å²) in [6.45, 7) is 4.20. The van der Waals surface area contributed by atoms with Crippen LogP contribution >= 0.6 is 0 Å². The summed E-state index contributed by atoms with van der Waals surface area (Å²) in [5.74, 6) is 0.793. The Morgan fingerprint density at radius 3 is 2.61 bits per heavy atom. The molecule has 0 aliphatic heterocycles. The van der Waals surface area contributed by atoms with Gasteiger partial charge in [-0.05, 0) is 41.3 Å². The number of nitrogens with two attached hydrogens (primary N) is 1. The molecular formula is C19H22N2O2. The van der Waals surface area contributed by atoms with E-state index in [2.05, 4.69) is 19.2 Å². The number of hydrogen-bond acceptors (Lipinski definition) is 3. The number of methoxy groups -OCH3 is 1. The number of hydrogen-bond donors (Lipinski definition) is 2. The van der Waals surface area contributed by atoms with Crippen molar-refractivity contribution in [3.8, 4) is 5.75 Å². The zero-order valence-electron chi connectivity index (χ0n) is 13.7. The topological polar surface area (TPSA) is 64.3 Å². The molecule has 4 nitrogen and oxygen atoms in total. The number of para-hydroxylation sites is 1. The highest BCUT2D eigenvalue weighted by Gasteiger charge is 2.07. The Morgan fingerprint density at radius 2 is 1.96 bits per heavy atom. The van der Waals surface area contributed by atoms with Gasteiger partial charge >= 0.3 is 0 Å². The van der Waals surface area contributed by atoms with Gasteiger partial charge in [0, 0.05) is 11.8 Å². The molecule has 23 heavy (non-hydrogen) atoms. The first-order valence-corrected chi connectivity index (χ1v) is 7.52. The quantitative estimate of drug-likeness (QED) is 0.647. The highest BCUT2D eigenvalue weighted by Crippen LogP contribution is 2.24. The lowest BCUT2D eigenvalue weighted by molar-refractivity contribution is -0.111. The molecule has 0 radical (unpaired) electrons. The van der Waals surface area contributed by atoms with Gasteiger partial charge in [0.1, 0.15) is 5.75 Å². The standard InChI is InChI=1S/C19H22N2O2/c1-13(2)15-6-4-5-7-17(15)21-19(22)11-9-14-8-10-18(23-3)16(20)12-14/h4-13H,20H2,1-3H3,(H,21,22)/b11-9+. The summed E-state index contributed by atoms with van der Waals surface area (Å²) >= 11 is 0. The fourth-order valence-electron chi connectivity index (χ4n) is 2.32. The van der Waals surface area contributed by atoms with Crippen molar-refractivity contribution < 1.29 is 9.53 Å². The van der Waals surface area contributed by atoms with Crippen LogP contribution in [-0.2, 0) is 4.79 Å². The van der Waals surface area contributed by atoms with Gasteiger partial charge in [0.25, 0.3) is 0 Å². The summed E-state index contributed by atoms with van der Waals surface area (Å²) in [6, 6.07) is 13.2. The molecule has 0 aromatic heterocycles. The largest absolute Gasteiger partial charge is 0.495 e. The smallest absolute Gasteiger partial charge is 0.248 e. The second-order valence-electron chi connectivity index (χ2n) is 5.57. The Bertz CT molecular complexity index is 721. The Hall–Kier alpha value is -2.75. The van der Waals surface area contributed by atoms with Crippen LogP contribution in [0, 0.1) is 0 Å². The fourth-order valence-corrected chi connectivity index (χ4v) is 2.32. The van der Waals surface area contributed by atoms with Gasteiger partial charge in [0.15, 0.2) is 0 Å². The average Bonchev–Trinajstić information content (AvgIpc) is 2.53. The molecule has 2 rings (SSSR count). The minimum Gasteiger partial charge on any atom is -0.495 e. The number of amides is 1. The predicted octanol–water partition coefficient (Wildman–Crippen LogP) is 4.05. The van der Waals surface area contributed by atoms with Gasteiger partial charge in [-0.2, -0.15) is 0 Å². The summed E-state index contributed by atoms with van der Waals surface area (Å²) in [6.07, 6.45) is 3.22. The van der Waals surface area contributed by atoms with E-state index in [-0.39, 0.29) is 5.91 Å². The number of anilines is 2. The predicted molar refractivity (Wildman–Crippen MR) is 95.6 cm³/mol. The van der Waals surface area contributed by atoms with Gasteiger partial charge in [0.2, 0.25) is 5.91 Å². The number of nitrogen functional groups attached to an aromatic ring is 1. The van der Waals surface area contributed by atoms with Gasteiger partial charge in [-0.25, -0.2) is 0 Å². The van der Waals surface area contributed by atoms with Crippen LogP contribution in [-0.4, -0.2) is 13.0 Å². The summed E-state index contributed by atoms with van der Waals surface area (Å²) in [7, 11) is 1.57.